The first-order valence-corrected chi connectivity index (χ1v) is 8.55. The molecule has 0 aliphatic carbocycles. The molecule has 0 amide bonds. The van der Waals surface area contributed by atoms with Gasteiger partial charge < -0.3 is 5.32 Å². The quantitative estimate of drug-likeness (QED) is 0.787. The number of thioether (sulfide) groups is 1. The number of nitrogens with one attached hydrogen (secondary N) is 1. The van der Waals surface area contributed by atoms with E-state index in [0.29, 0.717) is 0 Å². The van der Waals surface area contributed by atoms with E-state index in [4.69, 9.17) is 0 Å². The van der Waals surface area contributed by atoms with Crippen LogP contribution in [0.2, 0.25) is 0 Å². The summed E-state index contributed by atoms with van der Waals surface area (Å²) in [6.07, 6.45) is 9.26. The van der Waals surface area contributed by atoms with Crippen molar-refractivity contribution in [1.82, 2.24) is 10.2 Å². The number of rotatable bonds is 6. The lowest BCUT2D eigenvalue weighted by molar-refractivity contribution is 0.116. The van der Waals surface area contributed by atoms with Crippen LogP contribution < -0.4 is 5.32 Å². The molecule has 0 aromatic carbocycles. The van der Waals surface area contributed by atoms with E-state index in [-0.39, 0.29) is 0 Å². The summed E-state index contributed by atoms with van der Waals surface area (Å²) >= 11 is 2.01. The summed E-state index contributed by atoms with van der Waals surface area (Å²) in [6, 6.07) is 2.56. The van der Waals surface area contributed by atoms with Gasteiger partial charge in [0.25, 0.3) is 0 Å². The molecular formula is C14H28N2S. The van der Waals surface area contributed by atoms with Gasteiger partial charge in [-0.15, -0.1) is 0 Å². The SMILES string of the molecule is CCNC1CC2CCC(C1)N2CCC(C)SC. The lowest BCUT2D eigenvalue weighted by Crippen LogP contribution is -2.49. The zero-order valence-corrected chi connectivity index (χ0v) is 12.4. The summed E-state index contributed by atoms with van der Waals surface area (Å²) in [5, 5.41) is 4.47. The Morgan fingerprint density at radius 3 is 2.47 bits per heavy atom. The minimum Gasteiger partial charge on any atom is -0.314 e. The molecule has 3 heteroatoms. The van der Waals surface area contributed by atoms with Crippen LogP contribution in [0, 0.1) is 0 Å². The standard InChI is InChI=1S/C14H28N2S/c1-4-15-12-9-13-5-6-14(10-12)16(13)8-7-11(2)17-3/h11-15H,4-10H2,1-3H3. The second kappa shape index (κ2) is 6.44. The van der Waals surface area contributed by atoms with Crippen LogP contribution in [0.4, 0.5) is 0 Å². The molecule has 2 aliphatic heterocycles. The summed E-state index contributed by atoms with van der Waals surface area (Å²) < 4.78 is 0. The highest BCUT2D eigenvalue weighted by atomic mass is 32.2. The van der Waals surface area contributed by atoms with E-state index in [1.807, 2.05) is 11.8 Å². The first kappa shape index (κ1) is 13.7. The average molecular weight is 256 g/mol. The molecule has 17 heavy (non-hydrogen) atoms. The second-order valence-electron chi connectivity index (χ2n) is 5.68. The molecule has 1 N–H and O–H groups in total. The molecule has 0 spiro atoms. The first-order chi connectivity index (χ1) is 8.24. The smallest absolute Gasteiger partial charge is 0.0114 e. The Kier molecular flexibility index (Phi) is 5.19. The van der Waals surface area contributed by atoms with Gasteiger partial charge in [-0.3, -0.25) is 4.90 Å². The Morgan fingerprint density at radius 1 is 1.29 bits per heavy atom. The molecule has 2 aliphatic rings. The van der Waals surface area contributed by atoms with Crippen molar-refractivity contribution in [3.05, 3.63) is 0 Å². The molecule has 2 rings (SSSR count). The molecular weight excluding hydrogens is 228 g/mol. The highest BCUT2D eigenvalue weighted by molar-refractivity contribution is 7.99. The van der Waals surface area contributed by atoms with Crippen LogP contribution in [0.5, 0.6) is 0 Å². The van der Waals surface area contributed by atoms with Crippen LogP contribution in [0.15, 0.2) is 0 Å². The van der Waals surface area contributed by atoms with Gasteiger partial charge >= 0.3 is 0 Å². The van der Waals surface area contributed by atoms with Crippen molar-refractivity contribution in [2.45, 2.75) is 69.3 Å². The molecule has 3 unspecified atom stereocenters. The highest BCUT2D eigenvalue weighted by Crippen LogP contribution is 2.36. The zero-order valence-electron chi connectivity index (χ0n) is 11.6. The lowest BCUT2D eigenvalue weighted by atomic mass is 9.97. The van der Waals surface area contributed by atoms with Crippen molar-refractivity contribution in [2.75, 3.05) is 19.3 Å². The Hall–Kier alpha value is 0.270. The van der Waals surface area contributed by atoms with Crippen LogP contribution in [-0.2, 0) is 0 Å². The van der Waals surface area contributed by atoms with Gasteiger partial charge in [-0.25, -0.2) is 0 Å². The molecule has 3 atom stereocenters. The van der Waals surface area contributed by atoms with E-state index in [0.717, 1.165) is 29.9 Å². The molecule has 2 saturated heterocycles. The van der Waals surface area contributed by atoms with Gasteiger partial charge in [0, 0.05) is 23.4 Å². The summed E-state index contributed by atoms with van der Waals surface area (Å²) in [5.74, 6) is 0. The van der Waals surface area contributed by atoms with Gasteiger partial charge in [0.2, 0.25) is 0 Å². The van der Waals surface area contributed by atoms with Gasteiger partial charge in [0.05, 0.1) is 0 Å². The third-order valence-corrected chi connectivity index (χ3v) is 5.61. The summed E-state index contributed by atoms with van der Waals surface area (Å²) in [6.45, 7) is 7.05. The van der Waals surface area contributed by atoms with Gasteiger partial charge in [-0.05, 0) is 51.4 Å². The van der Waals surface area contributed by atoms with Crippen molar-refractivity contribution < 1.29 is 0 Å². The number of nitrogens with zero attached hydrogens (tertiary/aromatic N) is 1. The summed E-state index contributed by atoms with van der Waals surface area (Å²) in [4.78, 5) is 2.82. The van der Waals surface area contributed by atoms with Crippen molar-refractivity contribution in [3.8, 4) is 0 Å². The molecule has 2 bridgehead atoms. The third-order valence-electron chi connectivity index (χ3n) is 4.57. The Labute approximate surface area is 111 Å². The molecule has 0 aromatic heterocycles. The second-order valence-corrected chi connectivity index (χ2v) is 6.96. The number of piperidine rings is 1. The van der Waals surface area contributed by atoms with Crippen molar-refractivity contribution in [2.24, 2.45) is 0 Å². The fraction of sp³-hybridized carbons (Fsp3) is 1.00. The lowest BCUT2D eigenvalue weighted by Gasteiger charge is -2.39. The average Bonchev–Trinajstić information content (AvgIpc) is 2.57. The predicted molar refractivity (Wildman–Crippen MR) is 77.8 cm³/mol. The third kappa shape index (κ3) is 3.39. The molecule has 2 nitrogen and oxygen atoms in total. The van der Waals surface area contributed by atoms with E-state index in [9.17, 15) is 0 Å². The molecule has 0 radical (unpaired) electrons. The summed E-state index contributed by atoms with van der Waals surface area (Å²) in [5.41, 5.74) is 0. The Morgan fingerprint density at radius 2 is 1.94 bits per heavy atom. The maximum atomic E-state index is 3.65. The van der Waals surface area contributed by atoms with Gasteiger partial charge in [0.1, 0.15) is 0 Å². The Balaban J connectivity index is 1.81. The van der Waals surface area contributed by atoms with Gasteiger partial charge in [-0.2, -0.15) is 11.8 Å². The normalized spacial score (nSPS) is 35.1. The predicted octanol–water partition coefficient (Wildman–Crippen LogP) is 2.73. The maximum absolute atomic E-state index is 3.65. The van der Waals surface area contributed by atoms with Gasteiger partial charge in [0.15, 0.2) is 0 Å². The minimum absolute atomic E-state index is 0.798. The number of fused-ring (bicyclic) bond motifs is 2. The fourth-order valence-corrected chi connectivity index (χ4v) is 3.88. The van der Waals surface area contributed by atoms with Crippen LogP contribution in [0.3, 0.4) is 0 Å². The largest absolute Gasteiger partial charge is 0.314 e. The van der Waals surface area contributed by atoms with E-state index >= 15 is 0 Å². The molecule has 2 heterocycles. The number of hydrogen-bond acceptors (Lipinski definition) is 3. The van der Waals surface area contributed by atoms with Crippen LogP contribution in [-0.4, -0.2) is 47.6 Å². The molecule has 0 aromatic rings. The van der Waals surface area contributed by atoms with Crippen molar-refractivity contribution in [1.29, 1.82) is 0 Å². The topological polar surface area (TPSA) is 15.3 Å². The molecule has 2 fully saturated rings. The van der Waals surface area contributed by atoms with E-state index in [1.165, 1.54) is 38.6 Å². The fourth-order valence-electron chi connectivity index (χ4n) is 3.54. The van der Waals surface area contributed by atoms with Crippen molar-refractivity contribution in [3.63, 3.8) is 0 Å². The first-order valence-electron chi connectivity index (χ1n) is 7.26. The van der Waals surface area contributed by atoms with Crippen LogP contribution >= 0.6 is 11.8 Å². The van der Waals surface area contributed by atoms with Crippen LogP contribution in [0.25, 0.3) is 0 Å². The molecule has 0 saturated carbocycles. The van der Waals surface area contributed by atoms with Gasteiger partial charge in [-0.1, -0.05) is 13.8 Å². The maximum Gasteiger partial charge on any atom is 0.0114 e. The minimum atomic E-state index is 0.798. The van der Waals surface area contributed by atoms with Crippen LogP contribution in [0.1, 0.15) is 46.0 Å². The highest BCUT2D eigenvalue weighted by Gasteiger charge is 2.39. The zero-order chi connectivity index (χ0) is 12.3. The Bertz CT molecular complexity index is 220. The molecule has 100 valence electrons. The van der Waals surface area contributed by atoms with Crippen molar-refractivity contribution >= 4 is 11.8 Å². The van der Waals surface area contributed by atoms with E-state index in [2.05, 4.69) is 30.3 Å². The number of hydrogen-bond donors (Lipinski definition) is 1. The monoisotopic (exact) mass is 256 g/mol. The van der Waals surface area contributed by atoms with E-state index in [1.54, 1.807) is 0 Å². The van der Waals surface area contributed by atoms with E-state index < -0.39 is 0 Å². The summed E-state index contributed by atoms with van der Waals surface area (Å²) in [7, 11) is 0.